The van der Waals surface area contributed by atoms with Crippen LogP contribution in [-0.4, -0.2) is 27.8 Å². The maximum Gasteiger partial charge on any atom is 0.354 e. The molecule has 64 valence electrons. The van der Waals surface area contributed by atoms with Gasteiger partial charge in [-0.1, -0.05) is 0 Å². The van der Waals surface area contributed by atoms with Gasteiger partial charge in [0.1, 0.15) is 5.69 Å². The fourth-order valence-corrected chi connectivity index (χ4v) is 0.876. The minimum absolute atomic E-state index is 0.0148. The van der Waals surface area contributed by atoms with Crippen molar-refractivity contribution in [2.45, 2.75) is 6.42 Å². The number of nitrogens with zero attached hydrogens (tertiary/aromatic N) is 1. The number of aromatic nitrogens is 1. The van der Waals surface area contributed by atoms with Crippen molar-refractivity contribution in [2.75, 3.05) is 6.61 Å². The van der Waals surface area contributed by atoms with E-state index in [1.54, 1.807) is 6.07 Å². The normalized spacial score (nSPS) is 9.75. The van der Waals surface area contributed by atoms with Crippen LogP contribution < -0.4 is 0 Å². The maximum absolute atomic E-state index is 10.4. The molecule has 0 bridgehead atoms. The van der Waals surface area contributed by atoms with Gasteiger partial charge in [0.2, 0.25) is 0 Å². The number of carboxylic acid groups (broad SMARTS) is 1. The van der Waals surface area contributed by atoms with Crippen LogP contribution in [0.15, 0.2) is 18.3 Å². The minimum Gasteiger partial charge on any atom is -0.477 e. The highest BCUT2D eigenvalue weighted by atomic mass is 16.4. The van der Waals surface area contributed by atoms with Crippen molar-refractivity contribution in [1.29, 1.82) is 0 Å². The molecule has 4 heteroatoms. The van der Waals surface area contributed by atoms with Crippen LogP contribution in [0.1, 0.15) is 16.1 Å². The molecule has 0 saturated heterocycles. The molecule has 0 amide bonds. The Morgan fingerprint density at radius 3 is 2.92 bits per heavy atom. The first-order valence-electron chi connectivity index (χ1n) is 3.53. The van der Waals surface area contributed by atoms with Gasteiger partial charge in [0, 0.05) is 12.8 Å². The van der Waals surface area contributed by atoms with Crippen molar-refractivity contribution in [3.05, 3.63) is 29.6 Å². The van der Waals surface area contributed by atoms with Crippen molar-refractivity contribution < 1.29 is 15.0 Å². The van der Waals surface area contributed by atoms with Gasteiger partial charge in [-0.15, -0.1) is 0 Å². The fourth-order valence-electron chi connectivity index (χ4n) is 0.876. The second-order valence-electron chi connectivity index (χ2n) is 2.33. The second kappa shape index (κ2) is 3.82. The molecule has 1 aromatic heterocycles. The third-order valence-electron chi connectivity index (χ3n) is 1.44. The van der Waals surface area contributed by atoms with Crippen LogP contribution in [0.2, 0.25) is 0 Å². The van der Waals surface area contributed by atoms with E-state index < -0.39 is 5.97 Å². The van der Waals surface area contributed by atoms with Crippen LogP contribution in [0.4, 0.5) is 0 Å². The van der Waals surface area contributed by atoms with Gasteiger partial charge in [0.15, 0.2) is 0 Å². The monoisotopic (exact) mass is 167 g/mol. The highest BCUT2D eigenvalue weighted by Crippen LogP contribution is 2.01. The Morgan fingerprint density at radius 1 is 1.58 bits per heavy atom. The van der Waals surface area contributed by atoms with E-state index in [1.165, 1.54) is 12.3 Å². The predicted octanol–water partition coefficient (Wildman–Crippen LogP) is 0.315. The number of aliphatic hydroxyl groups excluding tert-OH is 1. The molecule has 0 aromatic carbocycles. The molecule has 12 heavy (non-hydrogen) atoms. The number of rotatable bonds is 3. The van der Waals surface area contributed by atoms with E-state index in [0.717, 1.165) is 5.56 Å². The van der Waals surface area contributed by atoms with Gasteiger partial charge < -0.3 is 10.2 Å². The summed E-state index contributed by atoms with van der Waals surface area (Å²) in [6.45, 7) is 0.0169. The number of hydrogen-bond donors (Lipinski definition) is 2. The minimum atomic E-state index is -1.05. The lowest BCUT2D eigenvalue weighted by Gasteiger charge is -1.98. The van der Waals surface area contributed by atoms with Gasteiger partial charge in [0.05, 0.1) is 0 Å². The molecule has 0 atom stereocenters. The lowest BCUT2D eigenvalue weighted by molar-refractivity contribution is 0.0690. The molecule has 0 radical (unpaired) electrons. The molecule has 1 heterocycles. The van der Waals surface area contributed by atoms with Crippen LogP contribution in [-0.2, 0) is 6.42 Å². The topological polar surface area (TPSA) is 70.4 Å². The molecule has 0 aliphatic carbocycles. The van der Waals surface area contributed by atoms with Crippen LogP contribution >= 0.6 is 0 Å². The van der Waals surface area contributed by atoms with Gasteiger partial charge in [-0.3, -0.25) is 0 Å². The SMILES string of the molecule is O=C(O)c1cc(CCO)ccn1. The first kappa shape index (κ1) is 8.67. The summed E-state index contributed by atoms with van der Waals surface area (Å²) in [6, 6.07) is 3.14. The lowest BCUT2D eigenvalue weighted by atomic mass is 10.2. The third kappa shape index (κ3) is 2.03. The van der Waals surface area contributed by atoms with Crippen molar-refractivity contribution in [3.63, 3.8) is 0 Å². The zero-order valence-electron chi connectivity index (χ0n) is 6.40. The van der Waals surface area contributed by atoms with Crippen molar-refractivity contribution >= 4 is 5.97 Å². The highest BCUT2D eigenvalue weighted by Gasteiger charge is 2.03. The number of carboxylic acids is 1. The summed E-state index contributed by atoms with van der Waals surface area (Å²) in [5.41, 5.74) is 0.797. The number of aliphatic hydroxyl groups is 1. The zero-order chi connectivity index (χ0) is 8.97. The molecule has 1 aromatic rings. The summed E-state index contributed by atoms with van der Waals surface area (Å²) in [6.07, 6.45) is 1.89. The summed E-state index contributed by atoms with van der Waals surface area (Å²) >= 11 is 0. The van der Waals surface area contributed by atoms with Gasteiger partial charge in [-0.2, -0.15) is 0 Å². The standard InChI is InChI=1S/C8H9NO3/c10-4-2-6-1-3-9-7(5-6)8(11)12/h1,3,5,10H,2,4H2,(H,11,12). The van der Waals surface area contributed by atoms with E-state index in [0.29, 0.717) is 6.42 Å². The molecule has 0 spiro atoms. The van der Waals surface area contributed by atoms with Crippen molar-refractivity contribution in [1.82, 2.24) is 4.98 Å². The van der Waals surface area contributed by atoms with Gasteiger partial charge >= 0.3 is 5.97 Å². The van der Waals surface area contributed by atoms with E-state index in [1.807, 2.05) is 0 Å². The maximum atomic E-state index is 10.4. The first-order valence-corrected chi connectivity index (χ1v) is 3.53. The summed E-state index contributed by atoms with van der Waals surface area (Å²) in [4.78, 5) is 14.1. The molecular formula is C8H9NO3. The second-order valence-corrected chi connectivity index (χ2v) is 2.33. The Kier molecular flexibility index (Phi) is 2.76. The summed E-state index contributed by atoms with van der Waals surface area (Å²) < 4.78 is 0. The largest absolute Gasteiger partial charge is 0.477 e. The lowest BCUT2D eigenvalue weighted by Crippen LogP contribution is -2.01. The molecule has 0 aliphatic heterocycles. The van der Waals surface area contributed by atoms with E-state index in [-0.39, 0.29) is 12.3 Å². The molecule has 0 unspecified atom stereocenters. The van der Waals surface area contributed by atoms with Crippen LogP contribution in [0, 0.1) is 0 Å². The average molecular weight is 167 g/mol. The Morgan fingerprint density at radius 2 is 2.33 bits per heavy atom. The molecule has 2 N–H and O–H groups in total. The molecule has 0 aliphatic rings. The predicted molar refractivity (Wildman–Crippen MR) is 42.0 cm³/mol. The summed E-state index contributed by atoms with van der Waals surface area (Å²) in [5, 5.41) is 17.1. The third-order valence-corrected chi connectivity index (χ3v) is 1.44. The van der Waals surface area contributed by atoms with Gasteiger partial charge in [0.25, 0.3) is 0 Å². The number of hydrogen-bond acceptors (Lipinski definition) is 3. The van der Waals surface area contributed by atoms with Crippen LogP contribution in [0.5, 0.6) is 0 Å². The summed E-state index contributed by atoms with van der Waals surface area (Å²) in [5.74, 6) is -1.05. The van der Waals surface area contributed by atoms with Gasteiger partial charge in [-0.25, -0.2) is 9.78 Å². The Labute approximate surface area is 69.5 Å². The van der Waals surface area contributed by atoms with E-state index in [2.05, 4.69) is 4.98 Å². The number of carbonyl (C=O) groups is 1. The number of aromatic carboxylic acids is 1. The first-order chi connectivity index (χ1) is 5.74. The average Bonchev–Trinajstić information content (AvgIpc) is 2.05. The fraction of sp³-hybridized carbons (Fsp3) is 0.250. The Balaban J connectivity index is 2.88. The summed E-state index contributed by atoms with van der Waals surface area (Å²) in [7, 11) is 0. The van der Waals surface area contributed by atoms with Crippen LogP contribution in [0.3, 0.4) is 0 Å². The Hall–Kier alpha value is -1.42. The highest BCUT2D eigenvalue weighted by molar-refractivity contribution is 5.85. The zero-order valence-corrected chi connectivity index (χ0v) is 6.40. The molecule has 4 nitrogen and oxygen atoms in total. The number of pyridine rings is 1. The molecule has 1 rings (SSSR count). The van der Waals surface area contributed by atoms with E-state index >= 15 is 0 Å². The van der Waals surface area contributed by atoms with E-state index in [9.17, 15) is 4.79 Å². The smallest absolute Gasteiger partial charge is 0.354 e. The molecular weight excluding hydrogens is 158 g/mol. The van der Waals surface area contributed by atoms with Crippen LogP contribution in [0.25, 0.3) is 0 Å². The quantitative estimate of drug-likeness (QED) is 0.679. The molecule has 0 saturated carbocycles. The van der Waals surface area contributed by atoms with Crippen molar-refractivity contribution in [2.24, 2.45) is 0 Å². The molecule has 0 fully saturated rings. The van der Waals surface area contributed by atoms with Gasteiger partial charge in [-0.05, 0) is 24.1 Å². The Bertz CT molecular complexity index is 285. The van der Waals surface area contributed by atoms with Crippen molar-refractivity contribution in [3.8, 4) is 0 Å². The van der Waals surface area contributed by atoms with E-state index in [4.69, 9.17) is 10.2 Å².